The first kappa shape index (κ1) is 21.9. The number of rotatable bonds is 5. The van der Waals surface area contributed by atoms with Gasteiger partial charge < -0.3 is 10.1 Å². The summed E-state index contributed by atoms with van der Waals surface area (Å²) in [5, 5.41) is 11.2. The Kier molecular flexibility index (Phi) is 6.36. The highest BCUT2D eigenvalue weighted by Gasteiger charge is 2.28. The van der Waals surface area contributed by atoms with Crippen molar-refractivity contribution in [3.63, 3.8) is 0 Å². The molecule has 9 heteroatoms. The number of nitrogens with one attached hydrogen (secondary N) is 2. The van der Waals surface area contributed by atoms with Crippen LogP contribution in [-0.2, 0) is 17.6 Å². The van der Waals surface area contributed by atoms with Crippen LogP contribution in [0.3, 0.4) is 0 Å². The summed E-state index contributed by atoms with van der Waals surface area (Å²) in [5.74, 6) is -0.776. The number of benzene rings is 1. The predicted octanol–water partition coefficient (Wildman–Crippen LogP) is 6.14. The zero-order valence-corrected chi connectivity index (χ0v) is 19.4. The number of esters is 1. The summed E-state index contributed by atoms with van der Waals surface area (Å²) in [5.41, 5.74) is 3.05. The Balaban J connectivity index is 1.60. The highest BCUT2D eigenvalue weighted by molar-refractivity contribution is 7.17. The van der Waals surface area contributed by atoms with Crippen LogP contribution < -0.4 is 5.32 Å². The maximum atomic E-state index is 12.9. The number of nitrogens with zero attached hydrogens (tertiary/aromatic N) is 1. The standard InChI is InChI=1S/C22H21Cl2N3O3S/c1-11(2)30-22(29)19-13-5-3-4-6-18(13)31-21(19)25-20(28)17-10-16(26-27-17)12-7-8-14(23)15(24)9-12/h7-11H,3-6H2,1-2H3,(H,25,28)(H,26,27). The fraction of sp³-hybridized carbons (Fsp3) is 0.318. The molecule has 3 aromatic rings. The lowest BCUT2D eigenvalue weighted by atomic mass is 9.95. The third kappa shape index (κ3) is 4.63. The van der Waals surface area contributed by atoms with E-state index in [0.29, 0.717) is 26.3 Å². The third-order valence-corrected chi connectivity index (χ3v) is 6.93. The van der Waals surface area contributed by atoms with E-state index in [1.54, 1.807) is 24.3 Å². The minimum absolute atomic E-state index is 0.239. The zero-order valence-electron chi connectivity index (χ0n) is 17.1. The molecule has 0 spiro atoms. The second-order valence-corrected chi connectivity index (χ2v) is 9.54. The second kappa shape index (κ2) is 9.02. The Bertz CT molecular complexity index is 1150. The van der Waals surface area contributed by atoms with Crippen LogP contribution in [0.4, 0.5) is 5.00 Å². The van der Waals surface area contributed by atoms with Crippen molar-refractivity contribution in [2.45, 2.75) is 45.6 Å². The van der Waals surface area contributed by atoms with Gasteiger partial charge in [-0.25, -0.2) is 4.79 Å². The highest BCUT2D eigenvalue weighted by Crippen LogP contribution is 2.39. The van der Waals surface area contributed by atoms with Crippen LogP contribution in [0.2, 0.25) is 10.0 Å². The number of ether oxygens (including phenoxy) is 1. The molecule has 0 aliphatic heterocycles. The average Bonchev–Trinajstić information content (AvgIpc) is 3.34. The first-order valence-electron chi connectivity index (χ1n) is 10.0. The van der Waals surface area contributed by atoms with Gasteiger partial charge in [-0.3, -0.25) is 9.89 Å². The molecular formula is C22H21Cl2N3O3S. The number of H-pyrrole nitrogens is 1. The van der Waals surface area contributed by atoms with Crippen molar-refractivity contribution in [1.29, 1.82) is 0 Å². The molecule has 1 amide bonds. The largest absolute Gasteiger partial charge is 0.459 e. The van der Waals surface area contributed by atoms with E-state index in [2.05, 4.69) is 15.5 Å². The summed E-state index contributed by atoms with van der Waals surface area (Å²) in [4.78, 5) is 26.8. The minimum atomic E-state index is -0.397. The molecule has 1 aliphatic rings. The van der Waals surface area contributed by atoms with Gasteiger partial charge in [0.2, 0.25) is 0 Å². The van der Waals surface area contributed by atoms with Crippen molar-refractivity contribution in [3.05, 3.63) is 56.0 Å². The number of aromatic amines is 1. The average molecular weight is 478 g/mol. The van der Waals surface area contributed by atoms with Gasteiger partial charge in [-0.2, -0.15) is 5.10 Å². The number of hydrogen-bond donors (Lipinski definition) is 2. The van der Waals surface area contributed by atoms with Gasteiger partial charge >= 0.3 is 5.97 Å². The quantitative estimate of drug-likeness (QED) is 0.432. The van der Waals surface area contributed by atoms with E-state index in [9.17, 15) is 9.59 Å². The Morgan fingerprint density at radius 2 is 1.94 bits per heavy atom. The molecule has 1 aromatic carbocycles. The van der Waals surface area contributed by atoms with Gasteiger partial charge in [0.05, 0.1) is 27.4 Å². The van der Waals surface area contributed by atoms with Crippen molar-refractivity contribution in [1.82, 2.24) is 10.2 Å². The molecule has 162 valence electrons. The first-order chi connectivity index (χ1) is 14.8. The number of carbonyl (C=O) groups is 2. The highest BCUT2D eigenvalue weighted by atomic mass is 35.5. The second-order valence-electron chi connectivity index (χ2n) is 7.62. The smallest absolute Gasteiger partial charge is 0.341 e. The molecule has 0 bridgehead atoms. The summed E-state index contributed by atoms with van der Waals surface area (Å²) < 4.78 is 5.44. The molecule has 2 N–H and O–H groups in total. The van der Waals surface area contributed by atoms with Crippen LogP contribution in [0.15, 0.2) is 24.3 Å². The van der Waals surface area contributed by atoms with Crippen molar-refractivity contribution in [3.8, 4) is 11.3 Å². The van der Waals surface area contributed by atoms with Crippen LogP contribution in [0.1, 0.15) is 58.0 Å². The monoisotopic (exact) mass is 477 g/mol. The van der Waals surface area contributed by atoms with Crippen LogP contribution in [0, 0.1) is 0 Å². The van der Waals surface area contributed by atoms with Gasteiger partial charge in [0.25, 0.3) is 5.91 Å². The molecule has 4 rings (SSSR count). The number of aromatic nitrogens is 2. The summed E-state index contributed by atoms with van der Waals surface area (Å²) >= 11 is 13.5. The van der Waals surface area contributed by atoms with Crippen molar-refractivity contribution < 1.29 is 14.3 Å². The molecule has 0 radical (unpaired) electrons. The van der Waals surface area contributed by atoms with E-state index < -0.39 is 5.97 Å². The molecule has 0 saturated carbocycles. The number of fused-ring (bicyclic) bond motifs is 1. The number of anilines is 1. The lowest BCUT2D eigenvalue weighted by Gasteiger charge is -2.14. The molecule has 1 aliphatic carbocycles. The number of amides is 1. The molecule has 6 nitrogen and oxygen atoms in total. The van der Waals surface area contributed by atoms with Gasteiger partial charge in [0.15, 0.2) is 0 Å². The van der Waals surface area contributed by atoms with E-state index in [0.717, 1.165) is 41.7 Å². The van der Waals surface area contributed by atoms with Gasteiger partial charge in [-0.1, -0.05) is 29.3 Å². The molecule has 0 unspecified atom stereocenters. The van der Waals surface area contributed by atoms with Gasteiger partial charge in [-0.15, -0.1) is 11.3 Å². The normalized spacial score (nSPS) is 13.2. The predicted molar refractivity (Wildman–Crippen MR) is 124 cm³/mol. The number of aryl methyl sites for hydroxylation is 1. The topological polar surface area (TPSA) is 84.1 Å². The zero-order chi connectivity index (χ0) is 22.1. The van der Waals surface area contributed by atoms with Gasteiger partial charge in [0, 0.05) is 10.4 Å². The SMILES string of the molecule is CC(C)OC(=O)c1c(NC(=O)c2cc(-c3ccc(Cl)c(Cl)c3)n[nH]2)sc2c1CCCC2. The molecule has 2 heterocycles. The number of thiophene rings is 1. The number of carbonyl (C=O) groups excluding carboxylic acids is 2. The fourth-order valence-corrected chi connectivity index (χ4v) is 5.13. The van der Waals surface area contributed by atoms with Crippen LogP contribution >= 0.6 is 34.5 Å². The van der Waals surface area contributed by atoms with Crippen LogP contribution in [-0.4, -0.2) is 28.2 Å². The Morgan fingerprint density at radius 3 is 2.68 bits per heavy atom. The molecular weight excluding hydrogens is 457 g/mol. The summed E-state index contributed by atoms with van der Waals surface area (Å²) in [6, 6.07) is 6.78. The van der Waals surface area contributed by atoms with E-state index in [1.165, 1.54) is 11.3 Å². The van der Waals surface area contributed by atoms with E-state index >= 15 is 0 Å². The summed E-state index contributed by atoms with van der Waals surface area (Å²) in [7, 11) is 0. The van der Waals surface area contributed by atoms with Gasteiger partial charge in [-0.05, 0) is 63.3 Å². The molecule has 0 fully saturated rings. The molecule has 0 saturated heterocycles. The molecule has 0 atom stereocenters. The van der Waals surface area contributed by atoms with Crippen LogP contribution in [0.25, 0.3) is 11.3 Å². The third-order valence-electron chi connectivity index (χ3n) is 4.98. The fourth-order valence-electron chi connectivity index (χ4n) is 3.55. The van der Waals surface area contributed by atoms with Crippen LogP contribution in [0.5, 0.6) is 0 Å². The van der Waals surface area contributed by atoms with E-state index in [1.807, 2.05) is 13.8 Å². The Hall–Kier alpha value is -2.35. The summed E-state index contributed by atoms with van der Waals surface area (Å²) in [6.07, 6.45) is 3.58. The Labute approximate surface area is 193 Å². The lowest BCUT2D eigenvalue weighted by Crippen LogP contribution is -2.18. The number of halogens is 2. The van der Waals surface area contributed by atoms with E-state index in [4.69, 9.17) is 27.9 Å². The molecule has 2 aromatic heterocycles. The van der Waals surface area contributed by atoms with Crippen molar-refractivity contribution in [2.24, 2.45) is 0 Å². The van der Waals surface area contributed by atoms with Gasteiger partial charge in [0.1, 0.15) is 10.7 Å². The van der Waals surface area contributed by atoms with Crippen molar-refractivity contribution >= 4 is 51.4 Å². The maximum absolute atomic E-state index is 12.9. The first-order valence-corrected chi connectivity index (χ1v) is 11.6. The molecule has 31 heavy (non-hydrogen) atoms. The number of hydrogen-bond acceptors (Lipinski definition) is 5. The van der Waals surface area contributed by atoms with Crippen molar-refractivity contribution in [2.75, 3.05) is 5.32 Å². The van der Waals surface area contributed by atoms with E-state index in [-0.39, 0.29) is 17.7 Å². The summed E-state index contributed by atoms with van der Waals surface area (Å²) in [6.45, 7) is 3.62. The lowest BCUT2D eigenvalue weighted by molar-refractivity contribution is 0.0378. The Morgan fingerprint density at radius 1 is 1.16 bits per heavy atom. The minimum Gasteiger partial charge on any atom is -0.459 e. The maximum Gasteiger partial charge on any atom is 0.341 e.